The second kappa shape index (κ2) is 6.63. The molecule has 0 spiro atoms. The summed E-state index contributed by atoms with van der Waals surface area (Å²) in [6, 6.07) is 35.0. The predicted octanol–water partition coefficient (Wildman–Crippen LogP) is 7.77. The van der Waals surface area contributed by atoms with E-state index in [-0.39, 0.29) is 5.41 Å². The molecule has 4 aromatic carbocycles. The van der Waals surface area contributed by atoms with Crippen molar-refractivity contribution in [1.29, 1.82) is 0 Å². The lowest BCUT2D eigenvalue weighted by Crippen LogP contribution is -2.16. The van der Waals surface area contributed by atoms with Crippen LogP contribution in [0.4, 0.5) is 17.1 Å². The molecule has 0 N–H and O–H groups in total. The highest BCUT2D eigenvalue weighted by Gasteiger charge is 2.35. The summed E-state index contributed by atoms with van der Waals surface area (Å²) in [5.74, 6) is 0. The summed E-state index contributed by atoms with van der Waals surface area (Å²) in [4.78, 5) is 2.34. The fourth-order valence-corrected chi connectivity index (χ4v) is 4.60. The van der Waals surface area contributed by atoms with Crippen LogP contribution in [0.3, 0.4) is 0 Å². The SMILES string of the molecule is Cc1ccc2c(c1)-c1ccc(N(c3ccccc3)c3ccccc3)cc1C2(C)C. The smallest absolute Gasteiger partial charge is 0.0465 e. The normalized spacial score (nSPS) is 13.6. The Morgan fingerprint density at radius 2 is 1.17 bits per heavy atom. The summed E-state index contributed by atoms with van der Waals surface area (Å²) >= 11 is 0. The Kier molecular flexibility index (Phi) is 4.06. The summed E-state index contributed by atoms with van der Waals surface area (Å²) in [6.07, 6.45) is 0. The first-order chi connectivity index (χ1) is 14.1. The second-order valence-electron chi connectivity index (χ2n) is 8.41. The largest absolute Gasteiger partial charge is 0.310 e. The van der Waals surface area contributed by atoms with E-state index in [9.17, 15) is 0 Å². The van der Waals surface area contributed by atoms with Gasteiger partial charge in [0, 0.05) is 22.5 Å². The molecule has 0 bridgehead atoms. The van der Waals surface area contributed by atoms with Gasteiger partial charge in [0.15, 0.2) is 0 Å². The third-order valence-electron chi connectivity index (χ3n) is 6.10. The van der Waals surface area contributed by atoms with Gasteiger partial charge in [0.2, 0.25) is 0 Å². The maximum absolute atomic E-state index is 2.38. The number of aryl methyl sites for hydroxylation is 1. The minimum atomic E-state index is -0.00653. The van der Waals surface area contributed by atoms with E-state index in [1.807, 2.05) is 0 Å². The van der Waals surface area contributed by atoms with Gasteiger partial charge in [0.25, 0.3) is 0 Å². The molecule has 1 heteroatoms. The number of para-hydroxylation sites is 2. The maximum atomic E-state index is 2.38. The number of rotatable bonds is 3. The number of anilines is 3. The number of benzene rings is 4. The number of nitrogens with zero attached hydrogens (tertiary/aromatic N) is 1. The highest BCUT2D eigenvalue weighted by Crippen LogP contribution is 2.50. The molecule has 0 amide bonds. The third-order valence-corrected chi connectivity index (χ3v) is 6.10. The number of hydrogen-bond donors (Lipinski definition) is 0. The van der Waals surface area contributed by atoms with E-state index < -0.39 is 0 Å². The molecule has 0 saturated heterocycles. The lowest BCUT2D eigenvalue weighted by Gasteiger charge is -2.28. The van der Waals surface area contributed by atoms with Crippen LogP contribution in [0, 0.1) is 6.92 Å². The van der Waals surface area contributed by atoms with Gasteiger partial charge in [0.1, 0.15) is 0 Å². The Hall–Kier alpha value is -3.32. The molecule has 0 fully saturated rings. The molecule has 0 heterocycles. The van der Waals surface area contributed by atoms with Crippen molar-refractivity contribution in [3.05, 3.63) is 114 Å². The first kappa shape index (κ1) is 17.8. The van der Waals surface area contributed by atoms with Gasteiger partial charge in [0.05, 0.1) is 0 Å². The average molecular weight is 376 g/mol. The summed E-state index contributed by atoms with van der Waals surface area (Å²) in [5, 5.41) is 0. The van der Waals surface area contributed by atoms with Gasteiger partial charge in [-0.1, -0.05) is 80.1 Å². The Bertz CT molecular complexity index is 1130. The van der Waals surface area contributed by atoms with Crippen LogP contribution in [0.15, 0.2) is 97.1 Å². The van der Waals surface area contributed by atoms with Crippen LogP contribution < -0.4 is 4.90 Å². The molecule has 0 radical (unpaired) electrons. The van der Waals surface area contributed by atoms with Crippen molar-refractivity contribution in [2.45, 2.75) is 26.2 Å². The minimum absolute atomic E-state index is 0.00653. The molecule has 1 nitrogen and oxygen atoms in total. The topological polar surface area (TPSA) is 3.24 Å². The minimum Gasteiger partial charge on any atom is -0.310 e. The van der Waals surface area contributed by atoms with Crippen molar-refractivity contribution in [1.82, 2.24) is 0 Å². The van der Waals surface area contributed by atoms with Gasteiger partial charge in [-0.15, -0.1) is 0 Å². The van der Waals surface area contributed by atoms with Crippen molar-refractivity contribution in [3.63, 3.8) is 0 Å². The van der Waals surface area contributed by atoms with Crippen LogP contribution in [0.2, 0.25) is 0 Å². The number of fused-ring (bicyclic) bond motifs is 3. The monoisotopic (exact) mass is 375 g/mol. The Balaban J connectivity index is 1.70. The van der Waals surface area contributed by atoms with Crippen molar-refractivity contribution in [2.24, 2.45) is 0 Å². The van der Waals surface area contributed by atoms with Crippen molar-refractivity contribution >= 4 is 17.1 Å². The Labute approximate surface area is 173 Å². The molecule has 5 rings (SSSR count). The van der Waals surface area contributed by atoms with Gasteiger partial charge >= 0.3 is 0 Å². The fraction of sp³-hybridized carbons (Fsp3) is 0.143. The quantitative estimate of drug-likeness (QED) is 0.353. The third kappa shape index (κ3) is 2.86. The maximum Gasteiger partial charge on any atom is 0.0465 e. The zero-order valence-electron chi connectivity index (χ0n) is 17.2. The van der Waals surface area contributed by atoms with Crippen LogP contribution in [0.5, 0.6) is 0 Å². The van der Waals surface area contributed by atoms with Gasteiger partial charge < -0.3 is 4.90 Å². The lowest BCUT2D eigenvalue weighted by molar-refractivity contribution is 0.660. The molecule has 1 aliphatic rings. The van der Waals surface area contributed by atoms with E-state index in [4.69, 9.17) is 0 Å². The van der Waals surface area contributed by atoms with Crippen LogP contribution in [0.25, 0.3) is 11.1 Å². The van der Waals surface area contributed by atoms with Crippen LogP contribution in [-0.2, 0) is 5.41 Å². The van der Waals surface area contributed by atoms with Crippen molar-refractivity contribution in [3.8, 4) is 11.1 Å². The van der Waals surface area contributed by atoms with E-state index in [0.29, 0.717) is 0 Å². The molecule has 0 saturated carbocycles. The summed E-state index contributed by atoms with van der Waals surface area (Å²) in [6.45, 7) is 6.85. The molecule has 29 heavy (non-hydrogen) atoms. The molecule has 0 unspecified atom stereocenters. The summed E-state index contributed by atoms with van der Waals surface area (Å²) in [5.41, 5.74) is 10.4. The first-order valence-electron chi connectivity index (χ1n) is 10.2. The molecular formula is C28H25N. The highest BCUT2D eigenvalue weighted by atomic mass is 15.1. The number of hydrogen-bond acceptors (Lipinski definition) is 1. The van der Waals surface area contributed by atoms with Crippen molar-refractivity contribution < 1.29 is 0 Å². The summed E-state index contributed by atoms with van der Waals surface area (Å²) < 4.78 is 0. The van der Waals surface area contributed by atoms with Gasteiger partial charge in [-0.25, -0.2) is 0 Å². The molecule has 142 valence electrons. The standard InChI is InChI=1S/C28H25N/c1-20-14-17-26-25(18-20)24-16-15-23(19-27(24)28(26,2)3)29(21-10-6-4-7-11-21)22-12-8-5-9-13-22/h4-19H,1-3H3. The van der Waals surface area contributed by atoms with Crippen LogP contribution >= 0.6 is 0 Å². The van der Waals surface area contributed by atoms with E-state index in [2.05, 4.69) is 123 Å². The lowest BCUT2D eigenvalue weighted by atomic mass is 9.82. The molecule has 0 aromatic heterocycles. The van der Waals surface area contributed by atoms with E-state index in [0.717, 1.165) is 0 Å². The van der Waals surface area contributed by atoms with Crippen LogP contribution in [0.1, 0.15) is 30.5 Å². The molecule has 1 aliphatic carbocycles. The molecular weight excluding hydrogens is 350 g/mol. The zero-order chi connectivity index (χ0) is 20.0. The van der Waals surface area contributed by atoms with Gasteiger partial charge in [-0.05, 0) is 65.6 Å². The average Bonchev–Trinajstić information content (AvgIpc) is 2.96. The summed E-state index contributed by atoms with van der Waals surface area (Å²) in [7, 11) is 0. The van der Waals surface area contributed by atoms with Crippen molar-refractivity contribution in [2.75, 3.05) is 4.90 Å². The molecule has 0 aliphatic heterocycles. The first-order valence-corrected chi connectivity index (χ1v) is 10.2. The zero-order valence-corrected chi connectivity index (χ0v) is 17.2. The van der Waals surface area contributed by atoms with E-state index in [1.165, 1.54) is 44.9 Å². The highest BCUT2D eigenvalue weighted by molar-refractivity contribution is 5.85. The van der Waals surface area contributed by atoms with E-state index in [1.54, 1.807) is 0 Å². The Morgan fingerprint density at radius 3 is 1.79 bits per heavy atom. The van der Waals surface area contributed by atoms with Gasteiger partial charge in [-0.2, -0.15) is 0 Å². The second-order valence-corrected chi connectivity index (χ2v) is 8.41. The predicted molar refractivity (Wildman–Crippen MR) is 123 cm³/mol. The van der Waals surface area contributed by atoms with Gasteiger partial charge in [-0.3, -0.25) is 0 Å². The fourth-order valence-electron chi connectivity index (χ4n) is 4.60. The van der Waals surface area contributed by atoms with E-state index >= 15 is 0 Å². The van der Waals surface area contributed by atoms with Crippen LogP contribution in [-0.4, -0.2) is 0 Å². The molecule has 0 atom stereocenters. The molecule has 4 aromatic rings. The Morgan fingerprint density at radius 1 is 0.552 bits per heavy atom.